The van der Waals surface area contributed by atoms with Crippen molar-refractivity contribution in [2.75, 3.05) is 13.2 Å². The first kappa shape index (κ1) is 61.1. The van der Waals surface area contributed by atoms with Crippen molar-refractivity contribution >= 4 is 11.9 Å². The third kappa shape index (κ3) is 49.4. The van der Waals surface area contributed by atoms with E-state index < -0.39 is 12.1 Å². The van der Waals surface area contributed by atoms with Crippen LogP contribution in [0.1, 0.15) is 290 Å². The van der Waals surface area contributed by atoms with E-state index in [0.717, 1.165) is 64.2 Å². The molecule has 0 saturated heterocycles. The van der Waals surface area contributed by atoms with Gasteiger partial charge in [0, 0.05) is 12.8 Å². The molecule has 0 fully saturated rings. The Morgan fingerprint density at radius 1 is 0.444 bits per heavy atom. The third-order valence-electron chi connectivity index (χ3n) is 12.6. The Hall–Kier alpha value is -1.92. The number of allylic oxidation sites excluding steroid dienone is 5. The van der Waals surface area contributed by atoms with E-state index in [-0.39, 0.29) is 18.5 Å². The zero-order valence-corrected chi connectivity index (χ0v) is 42.1. The summed E-state index contributed by atoms with van der Waals surface area (Å²) in [6.45, 7) is 4.82. The Bertz CT molecular complexity index is 1020. The van der Waals surface area contributed by atoms with Crippen molar-refractivity contribution < 1.29 is 24.5 Å². The van der Waals surface area contributed by atoms with Gasteiger partial charge in [0.25, 0.3) is 0 Å². The second-order valence-electron chi connectivity index (χ2n) is 18.9. The summed E-state index contributed by atoms with van der Waals surface area (Å²) in [6, 6.07) is -0.635. The summed E-state index contributed by atoms with van der Waals surface area (Å²) >= 11 is 0. The van der Waals surface area contributed by atoms with Gasteiger partial charge in [0.15, 0.2) is 0 Å². The molecular formula is C57H107NO5. The normalized spacial score (nSPS) is 12.9. The summed E-state index contributed by atoms with van der Waals surface area (Å²) in [6.07, 6.45) is 64.4. The first-order valence-electron chi connectivity index (χ1n) is 27.8. The van der Waals surface area contributed by atoms with Crippen molar-refractivity contribution in [2.24, 2.45) is 0 Å². The largest absolute Gasteiger partial charge is 0.466 e. The Balaban J connectivity index is 3.48. The van der Waals surface area contributed by atoms with Gasteiger partial charge in [0.05, 0.1) is 25.4 Å². The van der Waals surface area contributed by atoms with Crippen LogP contribution in [-0.4, -0.2) is 47.4 Å². The third-order valence-corrected chi connectivity index (χ3v) is 12.6. The molecule has 0 aromatic heterocycles. The lowest BCUT2D eigenvalue weighted by molar-refractivity contribution is -0.143. The minimum absolute atomic E-state index is 0.0160. The second kappa shape index (κ2) is 52.7. The number of aliphatic hydroxyl groups is 2. The highest BCUT2D eigenvalue weighted by molar-refractivity contribution is 5.76. The SMILES string of the molecule is CCC/C=C\C/C=C\CCCCCCCC(=O)OCCCCCCCCCCCCCCCCCC(=O)NC(CO)C(O)/C=C/CCCCCCCCCCCCCCCCCC. The van der Waals surface area contributed by atoms with Crippen LogP contribution in [0.3, 0.4) is 0 Å². The summed E-state index contributed by atoms with van der Waals surface area (Å²) in [7, 11) is 0. The van der Waals surface area contributed by atoms with Gasteiger partial charge >= 0.3 is 5.97 Å². The summed E-state index contributed by atoms with van der Waals surface area (Å²) in [5, 5.41) is 23.1. The molecule has 0 aliphatic carbocycles. The number of carbonyl (C=O) groups is 2. The number of carbonyl (C=O) groups excluding carboxylic acids is 2. The van der Waals surface area contributed by atoms with E-state index in [4.69, 9.17) is 4.74 Å². The molecule has 0 aromatic rings. The van der Waals surface area contributed by atoms with Gasteiger partial charge in [-0.05, 0) is 57.8 Å². The Kier molecular flexibility index (Phi) is 51.1. The number of hydrogen-bond acceptors (Lipinski definition) is 5. The molecule has 2 atom stereocenters. The maximum atomic E-state index is 12.5. The standard InChI is InChI=1S/C57H107NO5/c1-3-5-7-9-11-13-15-17-18-19-20-22-26-29-33-37-41-45-49-55(60)54(53-59)58-56(61)50-46-42-38-34-30-27-23-21-24-28-32-36-40-44-48-52-63-57(62)51-47-43-39-35-31-25-16-14-12-10-8-6-4-2/h8,10,14,16,45,49,54-55,59-60H,3-7,9,11-13,15,17-44,46-48,50-53H2,1-2H3,(H,58,61)/b10-8-,16-14-,49-45+. The van der Waals surface area contributed by atoms with E-state index in [1.165, 1.54) is 199 Å². The molecule has 0 radical (unpaired) electrons. The minimum Gasteiger partial charge on any atom is -0.466 e. The lowest BCUT2D eigenvalue weighted by atomic mass is 10.0. The predicted octanol–water partition coefficient (Wildman–Crippen LogP) is 16.9. The van der Waals surface area contributed by atoms with Gasteiger partial charge in [-0.25, -0.2) is 0 Å². The fourth-order valence-electron chi connectivity index (χ4n) is 8.38. The number of esters is 1. The first-order chi connectivity index (χ1) is 31.0. The lowest BCUT2D eigenvalue weighted by Crippen LogP contribution is -2.45. The first-order valence-corrected chi connectivity index (χ1v) is 27.8. The molecule has 2 unspecified atom stereocenters. The minimum atomic E-state index is -0.851. The molecule has 370 valence electrons. The molecule has 0 aromatic carbocycles. The van der Waals surface area contributed by atoms with Gasteiger partial charge < -0.3 is 20.3 Å². The fourth-order valence-corrected chi connectivity index (χ4v) is 8.38. The highest BCUT2D eigenvalue weighted by Crippen LogP contribution is 2.16. The maximum absolute atomic E-state index is 12.5. The number of rotatable bonds is 51. The van der Waals surface area contributed by atoms with Crippen LogP contribution >= 0.6 is 0 Å². The molecule has 0 heterocycles. The van der Waals surface area contributed by atoms with E-state index in [9.17, 15) is 19.8 Å². The Morgan fingerprint density at radius 3 is 1.27 bits per heavy atom. The van der Waals surface area contributed by atoms with Crippen molar-refractivity contribution in [1.82, 2.24) is 5.32 Å². The van der Waals surface area contributed by atoms with Gasteiger partial charge in [-0.3, -0.25) is 9.59 Å². The van der Waals surface area contributed by atoms with Crippen LogP contribution in [0.15, 0.2) is 36.5 Å². The molecular weight excluding hydrogens is 779 g/mol. The zero-order valence-electron chi connectivity index (χ0n) is 42.1. The summed E-state index contributed by atoms with van der Waals surface area (Å²) in [5.74, 6) is -0.0919. The van der Waals surface area contributed by atoms with Crippen LogP contribution in [0.5, 0.6) is 0 Å². The highest BCUT2D eigenvalue weighted by atomic mass is 16.5. The molecule has 6 heteroatoms. The molecule has 63 heavy (non-hydrogen) atoms. The van der Waals surface area contributed by atoms with Gasteiger partial charge in [0.2, 0.25) is 5.91 Å². The molecule has 0 aliphatic rings. The smallest absolute Gasteiger partial charge is 0.305 e. The van der Waals surface area contributed by atoms with Crippen LogP contribution in [0.2, 0.25) is 0 Å². The number of amides is 1. The van der Waals surface area contributed by atoms with E-state index in [0.29, 0.717) is 19.4 Å². The molecule has 1 amide bonds. The number of nitrogens with one attached hydrogen (secondary N) is 1. The molecule has 6 nitrogen and oxygen atoms in total. The summed E-state index contributed by atoms with van der Waals surface area (Å²) in [4.78, 5) is 24.5. The average Bonchev–Trinajstić information content (AvgIpc) is 3.28. The van der Waals surface area contributed by atoms with Crippen LogP contribution in [0, 0.1) is 0 Å². The van der Waals surface area contributed by atoms with Crippen LogP contribution in [0.4, 0.5) is 0 Å². The van der Waals surface area contributed by atoms with Crippen LogP contribution < -0.4 is 5.32 Å². The fraction of sp³-hybridized carbons (Fsp3) is 0.860. The molecule has 0 aliphatic heterocycles. The monoisotopic (exact) mass is 886 g/mol. The number of unbranched alkanes of at least 4 members (excludes halogenated alkanes) is 36. The van der Waals surface area contributed by atoms with E-state index in [1.807, 2.05) is 6.08 Å². The van der Waals surface area contributed by atoms with Crippen molar-refractivity contribution in [1.29, 1.82) is 0 Å². The summed E-state index contributed by atoms with van der Waals surface area (Å²) in [5.41, 5.74) is 0. The lowest BCUT2D eigenvalue weighted by Gasteiger charge is -2.20. The average molecular weight is 886 g/mol. The van der Waals surface area contributed by atoms with Gasteiger partial charge in [-0.1, -0.05) is 256 Å². The molecule has 0 saturated carbocycles. The second-order valence-corrected chi connectivity index (χ2v) is 18.9. The van der Waals surface area contributed by atoms with Crippen LogP contribution in [0.25, 0.3) is 0 Å². The molecule has 0 bridgehead atoms. The number of hydrogen-bond donors (Lipinski definition) is 3. The van der Waals surface area contributed by atoms with Crippen molar-refractivity contribution in [2.45, 2.75) is 302 Å². The van der Waals surface area contributed by atoms with Gasteiger partial charge in [0.1, 0.15) is 0 Å². The van der Waals surface area contributed by atoms with Crippen molar-refractivity contribution in [3.8, 4) is 0 Å². The van der Waals surface area contributed by atoms with Gasteiger partial charge in [-0.2, -0.15) is 0 Å². The highest BCUT2D eigenvalue weighted by Gasteiger charge is 2.18. The maximum Gasteiger partial charge on any atom is 0.305 e. The Labute approximate surface area is 392 Å². The van der Waals surface area contributed by atoms with Crippen molar-refractivity contribution in [3.05, 3.63) is 36.5 Å². The van der Waals surface area contributed by atoms with Crippen LogP contribution in [-0.2, 0) is 14.3 Å². The summed E-state index contributed by atoms with van der Waals surface area (Å²) < 4.78 is 5.45. The molecule has 0 rings (SSSR count). The van der Waals surface area contributed by atoms with E-state index in [1.54, 1.807) is 6.08 Å². The molecule has 0 spiro atoms. The predicted molar refractivity (Wildman–Crippen MR) is 273 cm³/mol. The number of ether oxygens (including phenoxy) is 1. The zero-order chi connectivity index (χ0) is 45.8. The Morgan fingerprint density at radius 2 is 0.825 bits per heavy atom. The number of aliphatic hydroxyl groups excluding tert-OH is 2. The van der Waals surface area contributed by atoms with Gasteiger partial charge in [-0.15, -0.1) is 0 Å². The van der Waals surface area contributed by atoms with Crippen molar-refractivity contribution in [3.63, 3.8) is 0 Å². The quantitative estimate of drug-likeness (QED) is 0.0321. The van der Waals surface area contributed by atoms with E-state index in [2.05, 4.69) is 43.5 Å². The molecule has 3 N–H and O–H groups in total. The van der Waals surface area contributed by atoms with E-state index >= 15 is 0 Å². The topological polar surface area (TPSA) is 95.9 Å².